The van der Waals surface area contributed by atoms with Crippen LogP contribution in [-0.2, 0) is 14.8 Å². The van der Waals surface area contributed by atoms with Crippen LogP contribution in [0.15, 0.2) is 47.6 Å². The molecule has 0 fully saturated rings. The van der Waals surface area contributed by atoms with E-state index < -0.39 is 28.3 Å². The highest BCUT2D eigenvalue weighted by atomic mass is 32.2. The predicted octanol–water partition coefficient (Wildman–Crippen LogP) is 2.15. The summed E-state index contributed by atoms with van der Waals surface area (Å²) in [5.74, 6) is -0.245. The van der Waals surface area contributed by atoms with Crippen LogP contribution in [0.2, 0.25) is 0 Å². The Morgan fingerprint density at radius 1 is 1.14 bits per heavy atom. The van der Waals surface area contributed by atoms with Crippen LogP contribution in [0, 0.1) is 5.82 Å². The molecule has 156 valence electrons. The van der Waals surface area contributed by atoms with Crippen LogP contribution in [0.1, 0.15) is 12.5 Å². The molecule has 2 rings (SSSR count). The molecule has 0 aromatic heterocycles. The molecule has 0 radical (unpaired) electrons. The standard InChI is InChI=1S/C19H22FN3O5S/c1-13(14-8-9-17(27-2)18(10-14)28-3)21-22-19(24)12-23(29(4,25)26)16-7-5-6-15(20)11-16/h5-11H,12H2,1-4H3,(H,22,24)/b21-13-. The number of rotatable bonds is 8. The quantitative estimate of drug-likeness (QED) is 0.518. The Balaban J connectivity index is 2.16. The summed E-state index contributed by atoms with van der Waals surface area (Å²) in [4.78, 5) is 12.3. The van der Waals surface area contributed by atoms with Gasteiger partial charge in [-0.15, -0.1) is 0 Å². The number of benzene rings is 2. The van der Waals surface area contributed by atoms with Gasteiger partial charge in [0.15, 0.2) is 11.5 Å². The molecule has 8 nitrogen and oxygen atoms in total. The fourth-order valence-corrected chi connectivity index (χ4v) is 3.32. The van der Waals surface area contributed by atoms with E-state index in [0.29, 0.717) is 22.8 Å². The van der Waals surface area contributed by atoms with E-state index in [1.807, 2.05) is 0 Å². The monoisotopic (exact) mass is 423 g/mol. The third kappa shape index (κ3) is 5.92. The summed E-state index contributed by atoms with van der Waals surface area (Å²) in [5.41, 5.74) is 3.50. The maximum atomic E-state index is 13.4. The average molecular weight is 423 g/mol. The van der Waals surface area contributed by atoms with E-state index in [4.69, 9.17) is 9.47 Å². The van der Waals surface area contributed by atoms with Crippen LogP contribution >= 0.6 is 0 Å². The first kappa shape index (κ1) is 22.2. The van der Waals surface area contributed by atoms with Crippen molar-refractivity contribution in [1.82, 2.24) is 5.43 Å². The van der Waals surface area contributed by atoms with Crippen LogP contribution in [-0.4, -0.2) is 47.1 Å². The van der Waals surface area contributed by atoms with Gasteiger partial charge in [-0.3, -0.25) is 9.10 Å². The summed E-state index contributed by atoms with van der Waals surface area (Å²) in [6.07, 6.45) is 0.934. The molecule has 2 aromatic rings. The number of carbonyl (C=O) groups excluding carboxylic acids is 1. The van der Waals surface area contributed by atoms with Crippen LogP contribution in [0.25, 0.3) is 0 Å². The SMILES string of the molecule is COc1ccc(/C(C)=N\NC(=O)CN(c2cccc(F)c2)S(C)(=O)=O)cc1OC. The maximum Gasteiger partial charge on any atom is 0.260 e. The molecule has 29 heavy (non-hydrogen) atoms. The van der Waals surface area contributed by atoms with Crippen molar-refractivity contribution in [2.45, 2.75) is 6.92 Å². The first-order valence-electron chi connectivity index (χ1n) is 8.44. The molecule has 1 amide bonds. The second-order valence-electron chi connectivity index (χ2n) is 6.05. The second kappa shape index (κ2) is 9.37. The van der Waals surface area contributed by atoms with Gasteiger partial charge < -0.3 is 9.47 Å². The van der Waals surface area contributed by atoms with Crippen molar-refractivity contribution in [3.05, 3.63) is 53.8 Å². The minimum Gasteiger partial charge on any atom is -0.493 e. The predicted molar refractivity (Wildman–Crippen MR) is 108 cm³/mol. The van der Waals surface area contributed by atoms with Crippen molar-refractivity contribution in [3.63, 3.8) is 0 Å². The molecule has 0 spiro atoms. The number of hydrazone groups is 1. The van der Waals surface area contributed by atoms with Crippen molar-refractivity contribution < 1.29 is 27.1 Å². The Bertz CT molecular complexity index is 1020. The van der Waals surface area contributed by atoms with Crippen molar-refractivity contribution in [2.24, 2.45) is 5.10 Å². The van der Waals surface area contributed by atoms with Crippen molar-refractivity contribution in [3.8, 4) is 11.5 Å². The van der Waals surface area contributed by atoms with Crippen molar-refractivity contribution in [1.29, 1.82) is 0 Å². The summed E-state index contributed by atoms with van der Waals surface area (Å²) < 4.78 is 48.7. The molecular weight excluding hydrogens is 401 g/mol. The lowest BCUT2D eigenvalue weighted by Gasteiger charge is -2.21. The normalized spacial score (nSPS) is 11.7. The van der Waals surface area contributed by atoms with Crippen molar-refractivity contribution >= 4 is 27.3 Å². The summed E-state index contributed by atoms with van der Waals surface area (Å²) in [6.45, 7) is 1.12. The van der Waals surface area contributed by atoms with Gasteiger partial charge in [-0.1, -0.05) is 6.07 Å². The number of anilines is 1. The first-order chi connectivity index (χ1) is 13.7. The molecular formula is C19H22FN3O5S. The van der Waals surface area contributed by atoms with E-state index in [-0.39, 0.29) is 5.69 Å². The van der Waals surface area contributed by atoms with E-state index in [9.17, 15) is 17.6 Å². The summed E-state index contributed by atoms with van der Waals surface area (Å²) >= 11 is 0. The van der Waals surface area contributed by atoms with Gasteiger partial charge in [0.1, 0.15) is 12.4 Å². The first-order valence-corrected chi connectivity index (χ1v) is 10.3. The molecule has 0 aliphatic heterocycles. The van der Waals surface area contributed by atoms with Gasteiger partial charge in [0, 0.05) is 5.56 Å². The van der Waals surface area contributed by atoms with E-state index in [2.05, 4.69) is 10.5 Å². The van der Waals surface area contributed by atoms with Crippen LogP contribution in [0.4, 0.5) is 10.1 Å². The zero-order valence-corrected chi connectivity index (χ0v) is 17.3. The van der Waals surface area contributed by atoms with Gasteiger partial charge in [-0.05, 0) is 43.3 Å². The molecule has 0 heterocycles. The Labute approximate surface area is 169 Å². The van der Waals surface area contributed by atoms with Gasteiger partial charge in [0.2, 0.25) is 10.0 Å². The van der Waals surface area contributed by atoms with Crippen LogP contribution < -0.4 is 19.2 Å². The number of carbonyl (C=O) groups is 1. The van der Waals surface area contributed by atoms with Gasteiger partial charge in [-0.2, -0.15) is 5.10 Å². The smallest absolute Gasteiger partial charge is 0.260 e. The minimum atomic E-state index is -3.81. The number of nitrogens with zero attached hydrogens (tertiary/aromatic N) is 2. The molecule has 0 aliphatic carbocycles. The summed E-state index contributed by atoms with van der Waals surface area (Å²) in [5, 5.41) is 4.00. The molecule has 0 aliphatic rings. The molecule has 0 saturated carbocycles. The maximum absolute atomic E-state index is 13.4. The number of amides is 1. The van der Waals surface area contributed by atoms with E-state index in [1.165, 1.54) is 32.4 Å². The van der Waals surface area contributed by atoms with E-state index in [1.54, 1.807) is 25.1 Å². The highest BCUT2D eigenvalue weighted by molar-refractivity contribution is 7.92. The number of halogens is 1. The molecule has 2 aromatic carbocycles. The van der Waals surface area contributed by atoms with E-state index >= 15 is 0 Å². The Morgan fingerprint density at radius 2 is 1.83 bits per heavy atom. The molecule has 1 N–H and O–H groups in total. The summed E-state index contributed by atoms with van der Waals surface area (Å²) in [6, 6.07) is 10.1. The average Bonchev–Trinajstić information content (AvgIpc) is 2.68. The number of ether oxygens (including phenoxy) is 2. The zero-order valence-electron chi connectivity index (χ0n) is 16.5. The third-order valence-electron chi connectivity index (χ3n) is 3.93. The lowest BCUT2D eigenvalue weighted by atomic mass is 10.1. The van der Waals surface area contributed by atoms with E-state index in [0.717, 1.165) is 16.6 Å². The zero-order chi connectivity index (χ0) is 21.6. The minimum absolute atomic E-state index is 0.0447. The third-order valence-corrected chi connectivity index (χ3v) is 5.07. The Kier molecular flexibility index (Phi) is 7.16. The summed E-state index contributed by atoms with van der Waals surface area (Å²) in [7, 11) is -0.790. The number of hydrogen-bond donors (Lipinski definition) is 1. The lowest BCUT2D eigenvalue weighted by molar-refractivity contribution is -0.119. The highest BCUT2D eigenvalue weighted by Crippen LogP contribution is 2.27. The topological polar surface area (TPSA) is 97.3 Å². The Hall–Kier alpha value is -3.14. The van der Waals surface area contributed by atoms with Crippen LogP contribution in [0.5, 0.6) is 11.5 Å². The molecule has 10 heteroatoms. The molecule has 0 saturated heterocycles. The van der Waals surface area contributed by atoms with Crippen molar-refractivity contribution in [2.75, 3.05) is 31.3 Å². The largest absolute Gasteiger partial charge is 0.493 e. The van der Waals surface area contributed by atoms with Gasteiger partial charge in [0.05, 0.1) is 31.9 Å². The highest BCUT2D eigenvalue weighted by Gasteiger charge is 2.21. The van der Waals surface area contributed by atoms with Gasteiger partial charge in [0.25, 0.3) is 5.91 Å². The molecule has 0 bridgehead atoms. The fraction of sp³-hybridized carbons (Fsp3) is 0.263. The number of methoxy groups -OCH3 is 2. The number of hydrogen-bond acceptors (Lipinski definition) is 6. The fourth-order valence-electron chi connectivity index (χ4n) is 2.47. The van der Waals surface area contributed by atoms with Gasteiger partial charge in [-0.25, -0.2) is 18.2 Å². The lowest BCUT2D eigenvalue weighted by Crippen LogP contribution is -2.39. The van der Waals surface area contributed by atoms with Gasteiger partial charge >= 0.3 is 0 Å². The van der Waals surface area contributed by atoms with Crippen LogP contribution in [0.3, 0.4) is 0 Å². The Morgan fingerprint density at radius 3 is 2.41 bits per heavy atom. The number of nitrogens with one attached hydrogen (secondary N) is 1. The second-order valence-corrected chi connectivity index (χ2v) is 7.96. The number of sulfonamides is 1. The molecule has 0 atom stereocenters. The molecule has 0 unspecified atom stereocenters.